The van der Waals surface area contributed by atoms with E-state index in [1.165, 1.54) is 35.2 Å². The number of benzene rings is 1. The molecule has 2 aromatic heterocycles. The van der Waals surface area contributed by atoms with E-state index in [1.54, 1.807) is 0 Å². The first-order valence-corrected chi connectivity index (χ1v) is 10.3. The lowest BCUT2D eigenvalue weighted by Crippen LogP contribution is -2.58. The fourth-order valence-electron chi connectivity index (χ4n) is 4.42. The average Bonchev–Trinajstić information content (AvgIpc) is 3.31. The van der Waals surface area contributed by atoms with Gasteiger partial charge in [-0.3, -0.25) is 0 Å². The van der Waals surface area contributed by atoms with Crippen LogP contribution in [0.5, 0.6) is 0 Å². The molecule has 28 heavy (non-hydrogen) atoms. The smallest absolute Gasteiger partial charge is 0.241 e. The van der Waals surface area contributed by atoms with E-state index in [0.29, 0.717) is 25.7 Å². The summed E-state index contributed by atoms with van der Waals surface area (Å²) < 4.78 is 54.0. The van der Waals surface area contributed by atoms with Gasteiger partial charge in [0.25, 0.3) is 0 Å². The zero-order valence-electron chi connectivity index (χ0n) is 17.8. The minimum absolute atomic E-state index is 0.0394. The van der Waals surface area contributed by atoms with Gasteiger partial charge in [0.15, 0.2) is 11.5 Å². The maximum Gasteiger partial charge on any atom is 0.241 e. The summed E-state index contributed by atoms with van der Waals surface area (Å²) in [6, 6.07) is 3.86. The number of aliphatic hydroxyl groups is 1. The predicted octanol–water partition coefficient (Wildman–Crippen LogP) is 1.02. The summed E-state index contributed by atoms with van der Waals surface area (Å²) >= 11 is 0. The number of anilines is 1. The van der Waals surface area contributed by atoms with E-state index in [-0.39, 0.29) is 33.2 Å². The summed E-state index contributed by atoms with van der Waals surface area (Å²) in [5.41, 5.74) is 5.02. The topological polar surface area (TPSA) is 136 Å². The molecule has 10 heteroatoms. The van der Waals surface area contributed by atoms with Crippen LogP contribution in [-0.2, 0) is 10.0 Å². The normalized spacial score (nSPS) is 28.5. The van der Waals surface area contributed by atoms with Crippen LogP contribution in [0.2, 0.25) is 0 Å². The summed E-state index contributed by atoms with van der Waals surface area (Å²) in [4.78, 5) is 7.94. The van der Waals surface area contributed by atoms with Crippen LogP contribution in [0.4, 0.5) is 5.82 Å². The number of nitrogens with one attached hydrogen (secondary N) is 1. The molecule has 3 aromatic rings. The molecule has 3 fully saturated rings. The van der Waals surface area contributed by atoms with E-state index in [1.807, 2.05) is 0 Å². The highest BCUT2D eigenvalue weighted by atomic mass is 32.2. The van der Waals surface area contributed by atoms with Crippen molar-refractivity contribution in [1.82, 2.24) is 24.3 Å². The first-order chi connectivity index (χ1) is 14.4. The molecule has 0 saturated heterocycles. The summed E-state index contributed by atoms with van der Waals surface area (Å²) in [6.45, 7) is -2.50. The zero-order valence-corrected chi connectivity index (χ0v) is 15.6. The van der Waals surface area contributed by atoms with E-state index in [4.69, 9.17) is 9.85 Å². The fraction of sp³-hybridized carbons (Fsp3) is 0.389. The van der Waals surface area contributed by atoms with Gasteiger partial charge in [-0.15, -0.1) is 0 Å². The molecular weight excluding hydrogens is 380 g/mol. The molecule has 3 aliphatic carbocycles. The molecule has 0 unspecified atom stereocenters. The predicted molar refractivity (Wildman–Crippen MR) is 102 cm³/mol. The van der Waals surface area contributed by atoms with Crippen molar-refractivity contribution in [3.8, 4) is 11.3 Å². The monoisotopic (exact) mass is 403 g/mol. The summed E-state index contributed by atoms with van der Waals surface area (Å²) in [6.07, 6.45) is 4.47. The fourth-order valence-corrected chi connectivity index (χ4v) is 5.88. The van der Waals surface area contributed by atoms with E-state index in [0.717, 1.165) is 0 Å². The quantitative estimate of drug-likeness (QED) is 0.592. The van der Waals surface area contributed by atoms with Crippen molar-refractivity contribution in [2.75, 3.05) is 5.73 Å². The number of hydrogen-bond acceptors (Lipinski definition) is 7. The summed E-state index contributed by atoms with van der Waals surface area (Å²) in [5.74, 6) is 0.111. The minimum Gasteiger partial charge on any atom is -0.390 e. The van der Waals surface area contributed by atoms with Crippen molar-refractivity contribution < 1.29 is 17.6 Å². The highest BCUT2D eigenvalue weighted by Gasteiger charge is 2.61. The third kappa shape index (κ3) is 2.52. The van der Waals surface area contributed by atoms with Crippen LogP contribution in [-0.4, -0.2) is 44.2 Å². The minimum atomic E-state index is -3.96. The Morgan fingerprint density at radius 3 is 2.86 bits per heavy atom. The maximum absolute atomic E-state index is 13.1. The number of hydrogen-bond donors (Lipinski definition) is 3. The SMILES string of the molecule is [2H]C([2H])([2H])c1ccc(S(=O)(=O)NC23CCC(O)(C2)C3)cc1-c1cnc2c(N)ncnn12. The summed E-state index contributed by atoms with van der Waals surface area (Å²) in [5, 5.41) is 14.3. The molecule has 2 heterocycles. The molecule has 146 valence electrons. The number of nitrogens with two attached hydrogens (primary N) is 1. The molecule has 3 saturated carbocycles. The van der Waals surface area contributed by atoms with Gasteiger partial charge >= 0.3 is 0 Å². The first-order valence-electron chi connectivity index (χ1n) is 10.3. The van der Waals surface area contributed by atoms with Crippen LogP contribution in [0, 0.1) is 6.85 Å². The highest BCUT2D eigenvalue weighted by molar-refractivity contribution is 7.89. The van der Waals surface area contributed by atoms with Gasteiger partial charge in [-0.2, -0.15) is 5.10 Å². The molecule has 0 aliphatic heterocycles. The second kappa shape index (κ2) is 5.49. The van der Waals surface area contributed by atoms with Crippen molar-refractivity contribution in [3.05, 3.63) is 36.3 Å². The van der Waals surface area contributed by atoms with Crippen LogP contribution < -0.4 is 10.5 Å². The van der Waals surface area contributed by atoms with Crippen LogP contribution in [0.25, 0.3) is 16.9 Å². The molecule has 6 rings (SSSR count). The average molecular weight is 403 g/mol. The van der Waals surface area contributed by atoms with Crippen molar-refractivity contribution in [1.29, 1.82) is 0 Å². The van der Waals surface area contributed by atoms with Crippen LogP contribution in [0.15, 0.2) is 35.6 Å². The zero-order chi connectivity index (χ0) is 22.2. The van der Waals surface area contributed by atoms with E-state index < -0.39 is 28.0 Å². The molecular formula is C18H20N6O3S. The summed E-state index contributed by atoms with van der Waals surface area (Å²) in [7, 11) is -3.96. The molecule has 0 radical (unpaired) electrons. The second-order valence-corrected chi connectivity index (χ2v) is 9.38. The molecule has 0 amide bonds. The van der Waals surface area contributed by atoms with Gasteiger partial charge in [0, 0.05) is 15.2 Å². The second-order valence-electron chi connectivity index (χ2n) is 7.70. The third-order valence-electron chi connectivity index (χ3n) is 5.66. The highest BCUT2D eigenvalue weighted by Crippen LogP contribution is 2.55. The molecule has 2 bridgehead atoms. The van der Waals surface area contributed by atoms with Gasteiger partial charge in [0.1, 0.15) is 6.33 Å². The van der Waals surface area contributed by atoms with Crippen molar-refractivity contribution >= 4 is 21.5 Å². The molecule has 9 nitrogen and oxygen atoms in total. The van der Waals surface area contributed by atoms with E-state index in [9.17, 15) is 13.5 Å². The lowest BCUT2D eigenvalue weighted by Gasteiger charge is -2.44. The van der Waals surface area contributed by atoms with Gasteiger partial charge < -0.3 is 10.8 Å². The Morgan fingerprint density at radius 1 is 1.32 bits per heavy atom. The van der Waals surface area contributed by atoms with E-state index >= 15 is 0 Å². The third-order valence-corrected chi connectivity index (χ3v) is 7.24. The van der Waals surface area contributed by atoms with Crippen LogP contribution in [0.3, 0.4) is 0 Å². The number of rotatable bonds is 4. The number of aromatic nitrogens is 4. The largest absolute Gasteiger partial charge is 0.390 e. The van der Waals surface area contributed by atoms with Gasteiger partial charge in [-0.05, 0) is 50.2 Å². The number of aryl methyl sites for hydroxylation is 1. The Morgan fingerprint density at radius 2 is 2.14 bits per heavy atom. The Kier molecular flexibility index (Phi) is 2.83. The number of nitrogens with zero attached hydrogens (tertiary/aromatic N) is 4. The van der Waals surface area contributed by atoms with Crippen LogP contribution in [0.1, 0.15) is 35.4 Å². The number of nitrogen functional groups attached to an aromatic ring is 1. The Bertz CT molecular complexity index is 1310. The molecule has 0 atom stereocenters. The molecule has 1 aromatic carbocycles. The molecule has 3 aliphatic rings. The maximum atomic E-state index is 13.1. The standard InChI is InChI=1S/C18H20N6O3S/c1-11-2-3-12(28(26,27)23-17-4-5-18(25,8-17)9-17)6-13(11)14-7-20-16-15(19)21-10-22-24(14)16/h2-3,6-7,10,23,25H,4-5,8-9H2,1H3,(H2,19,21,22)/i1D3. The van der Waals surface area contributed by atoms with Gasteiger partial charge in [0.05, 0.1) is 22.4 Å². The Hall–Kier alpha value is -2.56. The first kappa shape index (κ1) is 14.4. The van der Waals surface area contributed by atoms with E-state index in [2.05, 4.69) is 19.8 Å². The number of imidazole rings is 1. The molecule has 0 spiro atoms. The van der Waals surface area contributed by atoms with Crippen molar-refractivity contribution in [2.45, 2.75) is 48.6 Å². The van der Waals surface area contributed by atoms with Crippen LogP contribution >= 0.6 is 0 Å². The van der Waals surface area contributed by atoms with Gasteiger partial charge in [0.2, 0.25) is 10.0 Å². The number of fused-ring (bicyclic) bond motifs is 2. The number of sulfonamides is 1. The lowest BCUT2D eigenvalue weighted by molar-refractivity contribution is -0.0362. The van der Waals surface area contributed by atoms with Gasteiger partial charge in [-0.1, -0.05) is 6.07 Å². The Labute approximate surface area is 165 Å². The van der Waals surface area contributed by atoms with Crippen molar-refractivity contribution in [3.63, 3.8) is 0 Å². The molecule has 4 N–H and O–H groups in total. The van der Waals surface area contributed by atoms with Crippen molar-refractivity contribution in [2.24, 2.45) is 0 Å². The Balaban J connectivity index is 1.62. The van der Waals surface area contributed by atoms with Gasteiger partial charge in [-0.25, -0.2) is 27.6 Å². The lowest BCUT2D eigenvalue weighted by atomic mass is 9.74.